The molecule has 1 aromatic carbocycles. The lowest BCUT2D eigenvalue weighted by Gasteiger charge is -2.33. The van der Waals surface area contributed by atoms with E-state index in [1.165, 1.54) is 25.8 Å². The van der Waals surface area contributed by atoms with Gasteiger partial charge in [-0.3, -0.25) is 0 Å². The van der Waals surface area contributed by atoms with Gasteiger partial charge in [-0.05, 0) is 76.0 Å². The van der Waals surface area contributed by atoms with Gasteiger partial charge in [0.2, 0.25) is 0 Å². The van der Waals surface area contributed by atoms with Gasteiger partial charge in [0.15, 0.2) is 5.11 Å². The highest BCUT2D eigenvalue weighted by atomic mass is 35.5. The van der Waals surface area contributed by atoms with Crippen molar-refractivity contribution in [3.05, 3.63) is 28.3 Å². The molecule has 1 aromatic rings. The van der Waals surface area contributed by atoms with Crippen LogP contribution in [0.25, 0.3) is 0 Å². The van der Waals surface area contributed by atoms with Gasteiger partial charge in [-0.1, -0.05) is 24.1 Å². The van der Waals surface area contributed by atoms with Gasteiger partial charge in [0.05, 0.1) is 10.7 Å². The van der Waals surface area contributed by atoms with E-state index in [9.17, 15) is 0 Å². The van der Waals surface area contributed by atoms with E-state index in [2.05, 4.69) is 28.5 Å². The largest absolute Gasteiger partial charge is 0.362 e. The van der Waals surface area contributed by atoms with Crippen molar-refractivity contribution in [2.24, 2.45) is 0 Å². The molecule has 1 heterocycles. The van der Waals surface area contributed by atoms with E-state index in [0.717, 1.165) is 42.4 Å². The first kappa shape index (κ1) is 18.5. The Morgan fingerprint density at radius 3 is 2.83 bits per heavy atom. The quantitative estimate of drug-likeness (QED) is 0.601. The van der Waals surface area contributed by atoms with Crippen LogP contribution in [0.3, 0.4) is 0 Å². The first-order chi connectivity index (χ1) is 11.0. The summed E-state index contributed by atoms with van der Waals surface area (Å²) in [6.07, 6.45) is 5.15. The van der Waals surface area contributed by atoms with Crippen LogP contribution in [0.1, 0.15) is 43.7 Å². The number of halogens is 1. The van der Waals surface area contributed by atoms with Crippen molar-refractivity contribution in [1.82, 2.24) is 10.2 Å². The molecule has 0 spiro atoms. The summed E-state index contributed by atoms with van der Waals surface area (Å²) < 4.78 is 0. The summed E-state index contributed by atoms with van der Waals surface area (Å²) in [6, 6.07) is 4.79. The summed E-state index contributed by atoms with van der Waals surface area (Å²) in [4.78, 5) is 2.59. The molecule has 3 nitrogen and oxygen atoms in total. The minimum absolute atomic E-state index is 0.644. The molecule has 23 heavy (non-hydrogen) atoms. The third kappa shape index (κ3) is 5.63. The number of thiocarbonyl (C=S) groups is 1. The van der Waals surface area contributed by atoms with Crippen LogP contribution in [-0.2, 0) is 0 Å². The van der Waals surface area contributed by atoms with Crippen molar-refractivity contribution in [1.29, 1.82) is 0 Å². The molecular formula is C18H28ClN3S. The molecule has 0 aromatic heterocycles. The third-order valence-corrected chi connectivity index (χ3v) is 5.06. The van der Waals surface area contributed by atoms with Crippen LogP contribution < -0.4 is 10.6 Å². The number of likely N-dealkylation sites (tertiary alicyclic amines) is 1. The van der Waals surface area contributed by atoms with Crippen molar-refractivity contribution in [2.75, 3.05) is 25.0 Å². The maximum atomic E-state index is 6.30. The monoisotopic (exact) mass is 353 g/mol. The fourth-order valence-corrected chi connectivity index (χ4v) is 3.78. The van der Waals surface area contributed by atoms with Crippen molar-refractivity contribution < 1.29 is 0 Å². The predicted molar refractivity (Wildman–Crippen MR) is 105 cm³/mol. The van der Waals surface area contributed by atoms with Gasteiger partial charge < -0.3 is 15.5 Å². The lowest BCUT2D eigenvalue weighted by molar-refractivity contribution is 0.159. The van der Waals surface area contributed by atoms with Crippen LogP contribution in [0.15, 0.2) is 12.1 Å². The highest BCUT2D eigenvalue weighted by molar-refractivity contribution is 7.80. The van der Waals surface area contributed by atoms with E-state index in [-0.39, 0.29) is 0 Å². The lowest BCUT2D eigenvalue weighted by Crippen LogP contribution is -2.39. The molecule has 1 fully saturated rings. The first-order valence-electron chi connectivity index (χ1n) is 8.53. The summed E-state index contributed by atoms with van der Waals surface area (Å²) in [5.41, 5.74) is 3.17. The average Bonchev–Trinajstić information content (AvgIpc) is 2.49. The zero-order valence-corrected chi connectivity index (χ0v) is 16.0. The van der Waals surface area contributed by atoms with Crippen LogP contribution in [0.5, 0.6) is 0 Å². The minimum atomic E-state index is 0.644. The number of nitrogens with one attached hydrogen (secondary N) is 2. The maximum Gasteiger partial charge on any atom is 0.170 e. The molecule has 2 rings (SSSR count). The van der Waals surface area contributed by atoms with E-state index in [1.54, 1.807) is 0 Å². The van der Waals surface area contributed by atoms with Gasteiger partial charge >= 0.3 is 0 Å². The predicted octanol–water partition coefficient (Wildman–Crippen LogP) is 4.51. The third-order valence-electron chi connectivity index (χ3n) is 4.52. The summed E-state index contributed by atoms with van der Waals surface area (Å²) in [7, 11) is 0. The number of piperidine rings is 1. The van der Waals surface area contributed by atoms with Gasteiger partial charge in [-0.2, -0.15) is 0 Å². The van der Waals surface area contributed by atoms with Gasteiger partial charge in [0.1, 0.15) is 0 Å². The molecule has 5 heteroatoms. The number of hydrogen-bond donors (Lipinski definition) is 2. The fourth-order valence-electron chi connectivity index (χ4n) is 3.21. The Labute approximate surface area is 150 Å². The Kier molecular flexibility index (Phi) is 7.12. The van der Waals surface area contributed by atoms with Crippen LogP contribution >= 0.6 is 23.8 Å². The van der Waals surface area contributed by atoms with E-state index < -0.39 is 0 Å². The maximum absolute atomic E-state index is 6.30. The molecule has 0 bridgehead atoms. The number of anilines is 1. The van der Waals surface area contributed by atoms with Gasteiger partial charge in [-0.15, -0.1) is 0 Å². The number of rotatable bonds is 5. The Morgan fingerprint density at radius 2 is 2.13 bits per heavy atom. The van der Waals surface area contributed by atoms with Crippen molar-refractivity contribution >= 4 is 34.6 Å². The molecule has 0 saturated carbocycles. The van der Waals surface area contributed by atoms with E-state index in [0.29, 0.717) is 10.1 Å². The topological polar surface area (TPSA) is 27.3 Å². The standard InChI is InChI=1S/C18H28ClN3S/c1-13-11-14(2)17(16(19)12-13)21-18(23)20-8-6-10-22-9-5-4-7-15(22)3/h11-12,15H,4-10H2,1-3H3,(H2,20,21,23)/t15-/m0/s1. The second kappa shape index (κ2) is 8.86. The molecule has 1 aliphatic heterocycles. The normalized spacial score (nSPS) is 18.7. The highest BCUT2D eigenvalue weighted by Gasteiger charge is 2.17. The van der Waals surface area contributed by atoms with E-state index in [4.69, 9.17) is 23.8 Å². The fraction of sp³-hybridized carbons (Fsp3) is 0.611. The van der Waals surface area contributed by atoms with Crippen LogP contribution in [0.4, 0.5) is 5.69 Å². The molecule has 0 aliphatic carbocycles. The summed E-state index contributed by atoms with van der Waals surface area (Å²) in [5, 5.41) is 7.88. The van der Waals surface area contributed by atoms with Crippen LogP contribution in [0.2, 0.25) is 5.02 Å². The van der Waals surface area contributed by atoms with E-state index in [1.807, 2.05) is 19.9 Å². The summed E-state index contributed by atoms with van der Waals surface area (Å²) in [6.45, 7) is 9.68. The summed E-state index contributed by atoms with van der Waals surface area (Å²) in [5.74, 6) is 0. The molecule has 2 N–H and O–H groups in total. The highest BCUT2D eigenvalue weighted by Crippen LogP contribution is 2.27. The van der Waals surface area contributed by atoms with Crippen LogP contribution in [-0.4, -0.2) is 35.7 Å². The lowest BCUT2D eigenvalue weighted by atomic mass is 10.0. The Hall–Kier alpha value is -0.840. The Balaban J connectivity index is 1.73. The smallest absolute Gasteiger partial charge is 0.170 e. The second-order valence-corrected chi connectivity index (χ2v) is 7.37. The summed E-state index contributed by atoms with van der Waals surface area (Å²) >= 11 is 11.7. The molecule has 1 aliphatic rings. The Morgan fingerprint density at radius 1 is 1.35 bits per heavy atom. The van der Waals surface area contributed by atoms with E-state index >= 15 is 0 Å². The molecular weight excluding hydrogens is 326 g/mol. The average molecular weight is 354 g/mol. The minimum Gasteiger partial charge on any atom is -0.362 e. The van der Waals surface area contributed by atoms with Gasteiger partial charge in [0, 0.05) is 19.1 Å². The van der Waals surface area contributed by atoms with Crippen molar-refractivity contribution in [3.63, 3.8) is 0 Å². The molecule has 0 amide bonds. The zero-order valence-electron chi connectivity index (χ0n) is 14.4. The number of benzene rings is 1. The van der Waals surface area contributed by atoms with Gasteiger partial charge in [-0.25, -0.2) is 0 Å². The van der Waals surface area contributed by atoms with Crippen molar-refractivity contribution in [2.45, 2.75) is 52.5 Å². The molecule has 1 atom stereocenters. The number of hydrogen-bond acceptors (Lipinski definition) is 2. The SMILES string of the molecule is Cc1cc(C)c(NC(=S)NCCCN2CCCC[C@@H]2C)c(Cl)c1. The zero-order chi connectivity index (χ0) is 16.8. The molecule has 0 unspecified atom stereocenters. The molecule has 1 saturated heterocycles. The number of nitrogens with zero attached hydrogens (tertiary/aromatic N) is 1. The van der Waals surface area contributed by atoms with Gasteiger partial charge in [0.25, 0.3) is 0 Å². The van der Waals surface area contributed by atoms with Crippen LogP contribution in [0, 0.1) is 13.8 Å². The second-order valence-electron chi connectivity index (χ2n) is 6.55. The molecule has 128 valence electrons. The first-order valence-corrected chi connectivity index (χ1v) is 9.31. The number of aryl methyl sites for hydroxylation is 2. The van der Waals surface area contributed by atoms with Crippen molar-refractivity contribution in [3.8, 4) is 0 Å². The Bertz CT molecular complexity index is 524. The molecule has 0 radical (unpaired) electrons.